The number of fused-ring (bicyclic) bond motifs is 1. The number of rotatable bonds is 6. The van der Waals surface area contributed by atoms with Gasteiger partial charge in [0.1, 0.15) is 5.75 Å². The molecular weight excluding hydrogens is 540 g/mol. The molecule has 0 saturated carbocycles. The van der Waals surface area contributed by atoms with Crippen molar-refractivity contribution in [3.05, 3.63) is 27.7 Å². The second-order valence-corrected chi connectivity index (χ2v) is 7.65. The van der Waals surface area contributed by atoms with Gasteiger partial charge in [-0.05, 0) is 31.5 Å². The van der Waals surface area contributed by atoms with Gasteiger partial charge in [0.15, 0.2) is 5.96 Å². The lowest BCUT2D eigenvalue weighted by molar-refractivity contribution is -0.0504. The Kier molecular flexibility index (Phi) is 9.93. The lowest BCUT2D eigenvalue weighted by Gasteiger charge is -2.35. The van der Waals surface area contributed by atoms with E-state index in [2.05, 4.69) is 25.3 Å². The third-order valence-corrected chi connectivity index (χ3v) is 5.42. The zero-order chi connectivity index (χ0) is 20.1. The lowest BCUT2D eigenvalue weighted by atomic mass is 10.2. The molecule has 0 bridgehead atoms. The van der Waals surface area contributed by atoms with E-state index in [0.29, 0.717) is 29.1 Å². The Balaban J connectivity index is 0.00000300. The molecule has 164 valence electrons. The smallest absolute Gasteiger partial charge is 0.387 e. The second kappa shape index (κ2) is 11.7. The van der Waals surface area contributed by atoms with Crippen molar-refractivity contribution in [2.24, 2.45) is 4.99 Å². The Morgan fingerprint density at radius 1 is 1.38 bits per heavy atom. The van der Waals surface area contributed by atoms with Crippen molar-refractivity contribution < 1.29 is 18.3 Å². The zero-order valence-corrected chi connectivity index (χ0v) is 19.8. The first-order valence-corrected chi connectivity index (χ1v) is 9.94. The molecule has 2 aliphatic rings. The van der Waals surface area contributed by atoms with Crippen molar-refractivity contribution in [2.75, 3.05) is 33.3 Å². The molecule has 2 N–H and O–H groups in total. The van der Waals surface area contributed by atoms with Crippen LogP contribution in [-0.2, 0) is 11.3 Å². The fourth-order valence-corrected chi connectivity index (χ4v) is 4.17. The highest BCUT2D eigenvalue weighted by atomic mass is 127. The molecule has 2 fully saturated rings. The highest BCUT2D eigenvalue weighted by Gasteiger charge is 2.32. The molecule has 0 amide bonds. The van der Waals surface area contributed by atoms with Crippen molar-refractivity contribution in [2.45, 2.75) is 38.1 Å². The number of nitrogens with zero attached hydrogens (tertiary/aromatic N) is 2. The minimum absolute atomic E-state index is 0. The molecule has 1 aromatic rings. The maximum atomic E-state index is 12.7. The first-order chi connectivity index (χ1) is 13.5. The van der Waals surface area contributed by atoms with Crippen molar-refractivity contribution >= 4 is 53.1 Å². The van der Waals surface area contributed by atoms with Crippen LogP contribution < -0.4 is 15.4 Å². The minimum Gasteiger partial charge on any atom is -0.433 e. The molecule has 2 atom stereocenters. The second-order valence-electron chi connectivity index (χ2n) is 6.81. The summed E-state index contributed by atoms with van der Waals surface area (Å²) in [5.74, 6) is 0.422. The van der Waals surface area contributed by atoms with Gasteiger partial charge in [0.2, 0.25) is 0 Å². The van der Waals surface area contributed by atoms with E-state index >= 15 is 0 Å². The Bertz CT molecular complexity index is 715. The number of morpholine rings is 1. The van der Waals surface area contributed by atoms with Crippen molar-refractivity contribution in [1.82, 2.24) is 15.5 Å². The van der Waals surface area contributed by atoms with Crippen molar-refractivity contribution in [3.63, 3.8) is 0 Å². The maximum Gasteiger partial charge on any atom is 0.387 e. The van der Waals surface area contributed by atoms with Gasteiger partial charge >= 0.3 is 6.61 Å². The molecule has 1 aromatic carbocycles. The van der Waals surface area contributed by atoms with Crippen molar-refractivity contribution in [3.8, 4) is 5.75 Å². The van der Waals surface area contributed by atoms with Crippen LogP contribution in [0.15, 0.2) is 17.1 Å². The van der Waals surface area contributed by atoms with Gasteiger partial charge in [0.25, 0.3) is 0 Å². The molecule has 6 nitrogen and oxygen atoms in total. The topological polar surface area (TPSA) is 58.1 Å². The predicted molar refractivity (Wildman–Crippen MR) is 121 cm³/mol. The molecule has 11 heteroatoms. The van der Waals surface area contributed by atoms with Gasteiger partial charge in [0, 0.05) is 43.3 Å². The largest absolute Gasteiger partial charge is 0.433 e. The van der Waals surface area contributed by atoms with E-state index in [1.165, 1.54) is 25.0 Å². The molecule has 2 unspecified atom stereocenters. The normalized spacial score (nSPS) is 22.2. The van der Waals surface area contributed by atoms with Crippen LogP contribution in [0.5, 0.6) is 5.75 Å². The molecular formula is C18H25Cl2F2IN4O2. The van der Waals surface area contributed by atoms with E-state index in [4.69, 9.17) is 27.9 Å². The molecule has 2 aliphatic heterocycles. The molecule has 0 aliphatic carbocycles. The van der Waals surface area contributed by atoms with Crippen LogP contribution in [-0.4, -0.2) is 62.9 Å². The third kappa shape index (κ3) is 6.95. The van der Waals surface area contributed by atoms with Crippen molar-refractivity contribution in [1.29, 1.82) is 0 Å². The molecule has 29 heavy (non-hydrogen) atoms. The lowest BCUT2D eigenvalue weighted by Crippen LogP contribution is -2.51. The molecule has 2 heterocycles. The highest BCUT2D eigenvalue weighted by Crippen LogP contribution is 2.33. The number of hydrogen-bond donors (Lipinski definition) is 2. The van der Waals surface area contributed by atoms with E-state index < -0.39 is 6.61 Å². The van der Waals surface area contributed by atoms with Gasteiger partial charge in [-0.1, -0.05) is 23.2 Å². The number of benzene rings is 1. The van der Waals surface area contributed by atoms with Gasteiger partial charge in [-0.15, -0.1) is 24.0 Å². The Morgan fingerprint density at radius 2 is 2.17 bits per heavy atom. The quantitative estimate of drug-likeness (QED) is 0.313. The fourth-order valence-electron chi connectivity index (χ4n) is 3.59. The summed E-state index contributed by atoms with van der Waals surface area (Å²) >= 11 is 12.0. The summed E-state index contributed by atoms with van der Waals surface area (Å²) in [7, 11) is 1.63. The summed E-state index contributed by atoms with van der Waals surface area (Å²) in [6.07, 6.45) is 2.50. The Morgan fingerprint density at radius 3 is 2.90 bits per heavy atom. The Hall–Kier alpha value is -0.620. The maximum absolute atomic E-state index is 12.7. The van der Waals surface area contributed by atoms with Gasteiger partial charge in [-0.2, -0.15) is 8.78 Å². The summed E-state index contributed by atoms with van der Waals surface area (Å²) < 4.78 is 35.8. The van der Waals surface area contributed by atoms with Gasteiger partial charge in [-0.3, -0.25) is 9.89 Å². The summed E-state index contributed by atoms with van der Waals surface area (Å²) in [4.78, 5) is 6.63. The van der Waals surface area contributed by atoms with E-state index in [1.54, 1.807) is 7.05 Å². The molecule has 2 saturated heterocycles. The van der Waals surface area contributed by atoms with Gasteiger partial charge in [0.05, 0.1) is 17.7 Å². The Labute approximate surface area is 196 Å². The minimum atomic E-state index is -2.98. The van der Waals surface area contributed by atoms with Crippen LogP contribution in [0.3, 0.4) is 0 Å². The first-order valence-electron chi connectivity index (χ1n) is 9.19. The summed E-state index contributed by atoms with van der Waals surface area (Å²) in [5, 5.41) is 6.64. The number of nitrogens with one attached hydrogen (secondary N) is 2. The van der Waals surface area contributed by atoms with Crippen LogP contribution in [0.25, 0.3) is 0 Å². The molecule has 3 rings (SSSR count). The van der Waals surface area contributed by atoms with E-state index in [-0.39, 0.29) is 47.4 Å². The SMILES string of the molecule is CN=C(NCc1cc(Cl)cc(Cl)c1OC(F)F)NCC1CN2CCCC2CO1.I. The monoisotopic (exact) mass is 564 g/mol. The average molecular weight is 565 g/mol. The first kappa shape index (κ1) is 24.6. The number of ether oxygens (including phenoxy) is 2. The average Bonchev–Trinajstić information content (AvgIpc) is 3.12. The van der Waals surface area contributed by atoms with Gasteiger partial charge < -0.3 is 20.1 Å². The van der Waals surface area contributed by atoms with Crippen LogP contribution >= 0.6 is 47.2 Å². The number of guanidine groups is 1. The number of alkyl halides is 2. The molecule has 0 aromatic heterocycles. The predicted octanol–water partition coefficient (Wildman–Crippen LogP) is 3.74. The summed E-state index contributed by atoms with van der Waals surface area (Å²) in [5.41, 5.74) is 0.412. The van der Waals surface area contributed by atoms with E-state index in [1.807, 2.05) is 0 Å². The summed E-state index contributed by atoms with van der Waals surface area (Å²) in [6.45, 7) is 0.563. The van der Waals surface area contributed by atoms with Crippen LogP contribution in [0.1, 0.15) is 18.4 Å². The number of aliphatic imine (C=N–C) groups is 1. The molecule has 0 spiro atoms. The third-order valence-electron chi connectivity index (χ3n) is 4.92. The standard InChI is InChI=1S/C18H24Cl2F2N4O2.HI/c1-23-18(25-8-14-9-26-4-2-3-13(26)10-27-14)24-7-11-5-12(19)6-15(20)16(11)28-17(21)22;/h5-6,13-14,17H,2-4,7-10H2,1H3,(H2,23,24,25);1H. The van der Waals surface area contributed by atoms with Crippen LogP contribution in [0.2, 0.25) is 10.0 Å². The van der Waals surface area contributed by atoms with Gasteiger partial charge in [-0.25, -0.2) is 0 Å². The zero-order valence-electron chi connectivity index (χ0n) is 16.0. The van der Waals surface area contributed by atoms with Crippen LogP contribution in [0, 0.1) is 0 Å². The highest BCUT2D eigenvalue weighted by molar-refractivity contribution is 14.0. The van der Waals surface area contributed by atoms with E-state index in [0.717, 1.165) is 19.7 Å². The number of halogens is 5. The summed E-state index contributed by atoms with van der Waals surface area (Å²) in [6, 6.07) is 3.45. The molecule has 0 radical (unpaired) electrons. The van der Waals surface area contributed by atoms with Crippen LogP contribution in [0.4, 0.5) is 8.78 Å². The fraction of sp³-hybridized carbons (Fsp3) is 0.611. The number of hydrogen-bond acceptors (Lipinski definition) is 4. The van der Waals surface area contributed by atoms with E-state index in [9.17, 15) is 8.78 Å².